The lowest BCUT2D eigenvalue weighted by molar-refractivity contribution is -0.118. The lowest BCUT2D eigenvalue weighted by Gasteiger charge is -2.05. The van der Waals surface area contributed by atoms with Gasteiger partial charge in [0.25, 0.3) is 0 Å². The van der Waals surface area contributed by atoms with Crippen LogP contribution in [-0.2, 0) is 22.0 Å². The fraction of sp³-hybridized carbons (Fsp3) is 0.462. The largest absolute Gasteiger partial charge is 0.395 e. The normalized spacial score (nSPS) is 12.1. The number of aliphatic hydroxyl groups is 1. The zero-order valence-electron chi connectivity index (χ0n) is 10.3. The lowest BCUT2D eigenvalue weighted by Crippen LogP contribution is -2.30. The first kappa shape index (κ1) is 14.9. The van der Waals surface area contributed by atoms with Crippen molar-refractivity contribution >= 4 is 16.7 Å². The standard InChI is InChI=1S/C13H19NO3S/c15-9-10-18(17)11-13(16)14-8-4-7-12-5-2-1-3-6-12/h1-3,5-6,15H,4,7-11H2,(H,14,16). The molecule has 1 aromatic carbocycles. The third-order valence-corrected chi connectivity index (χ3v) is 3.64. The van der Waals surface area contributed by atoms with Gasteiger partial charge in [0.15, 0.2) is 0 Å². The molecule has 4 nitrogen and oxygen atoms in total. The SMILES string of the molecule is O=C(CS(=O)CCO)NCCCc1ccccc1. The Kier molecular flexibility index (Phi) is 7.29. The number of nitrogens with one attached hydrogen (secondary N) is 1. The molecule has 0 aliphatic carbocycles. The highest BCUT2D eigenvalue weighted by molar-refractivity contribution is 7.85. The second kappa shape index (κ2) is 8.83. The maximum Gasteiger partial charge on any atom is 0.232 e. The summed E-state index contributed by atoms with van der Waals surface area (Å²) in [6.07, 6.45) is 1.78. The van der Waals surface area contributed by atoms with Crippen molar-refractivity contribution in [2.75, 3.05) is 24.7 Å². The molecule has 0 aromatic heterocycles. The second-order valence-electron chi connectivity index (χ2n) is 3.95. The minimum absolute atomic E-state index is 0.0219. The molecule has 1 rings (SSSR count). The molecule has 1 amide bonds. The highest BCUT2D eigenvalue weighted by Gasteiger charge is 2.06. The number of amides is 1. The highest BCUT2D eigenvalue weighted by atomic mass is 32.2. The predicted octanol–water partition coefficient (Wildman–Crippen LogP) is 0.476. The molecular weight excluding hydrogens is 250 g/mol. The van der Waals surface area contributed by atoms with E-state index >= 15 is 0 Å². The molecule has 5 heteroatoms. The molecule has 0 aliphatic rings. The monoisotopic (exact) mass is 269 g/mol. The molecule has 18 heavy (non-hydrogen) atoms. The average Bonchev–Trinajstić information content (AvgIpc) is 2.36. The minimum atomic E-state index is -1.25. The topological polar surface area (TPSA) is 66.4 Å². The number of aryl methyl sites for hydroxylation is 1. The Hall–Kier alpha value is -1.20. The van der Waals surface area contributed by atoms with E-state index in [-0.39, 0.29) is 24.0 Å². The van der Waals surface area contributed by atoms with Crippen molar-refractivity contribution in [1.82, 2.24) is 5.32 Å². The minimum Gasteiger partial charge on any atom is -0.395 e. The van der Waals surface area contributed by atoms with Crippen molar-refractivity contribution in [2.24, 2.45) is 0 Å². The molecule has 1 unspecified atom stereocenters. The molecular formula is C13H19NO3S. The molecule has 1 aromatic rings. The first-order valence-corrected chi connectivity index (χ1v) is 7.47. The van der Waals surface area contributed by atoms with Crippen LogP contribution in [0.2, 0.25) is 0 Å². The Morgan fingerprint density at radius 2 is 2.00 bits per heavy atom. The van der Waals surface area contributed by atoms with Crippen molar-refractivity contribution in [3.8, 4) is 0 Å². The average molecular weight is 269 g/mol. The van der Waals surface area contributed by atoms with Crippen LogP contribution in [0.1, 0.15) is 12.0 Å². The van der Waals surface area contributed by atoms with Crippen LogP contribution in [0.4, 0.5) is 0 Å². The van der Waals surface area contributed by atoms with Gasteiger partial charge in [0.1, 0.15) is 5.75 Å². The van der Waals surface area contributed by atoms with Crippen LogP contribution in [0.15, 0.2) is 30.3 Å². The Balaban J connectivity index is 2.11. The summed E-state index contributed by atoms with van der Waals surface area (Å²) in [7, 11) is -1.25. The smallest absolute Gasteiger partial charge is 0.232 e. The van der Waals surface area contributed by atoms with Gasteiger partial charge in [-0.2, -0.15) is 0 Å². The summed E-state index contributed by atoms with van der Waals surface area (Å²) < 4.78 is 11.2. The summed E-state index contributed by atoms with van der Waals surface area (Å²) in [5.74, 6) is -0.0709. The van der Waals surface area contributed by atoms with E-state index in [1.54, 1.807) is 0 Å². The van der Waals surface area contributed by atoms with Gasteiger partial charge < -0.3 is 10.4 Å². The Morgan fingerprint density at radius 3 is 2.67 bits per heavy atom. The number of carbonyl (C=O) groups is 1. The quantitative estimate of drug-likeness (QED) is 0.674. The number of hydrogen-bond donors (Lipinski definition) is 2. The Morgan fingerprint density at radius 1 is 1.28 bits per heavy atom. The van der Waals surface area contributed by atoms with Crippen molar-refractivity contribution in [3.05, 3.63) is 35.9 Å². The lowest BCUT2D eigenvalue weighted by atomic mass is 10.1. The molecule has 0 bridgehead atoms. The first-order chi connectivity index (χ1) is 8.72. The van der Waals surface area contributed by atoms with Crippen LogP contribution < -0.4 is 5.32 Å². The van der Waals surface area contributed by atoms with E-state index in [4.69, 9.17) is 5.11 Å². The summed E-state index contributed by atoms with van der Waals surface area (Å²) in [5, 5.41) is 11.3. The molecule has 2 N–H and O–H groups in total. The molecule has 1 atom stereocenters. The van der Waals surface area contributed by atoms with Crippen molar-refractivity contribution in [2.45, 2.75) is 12.8 Å². The van der Waals surface area contributed by atoms with Gasteiger partial charge in [-0.05, 0) is 18.4 Å². The highest BCUT2D eigenvalue weighted by Crippen LogP contribution is 2.01. The van der Waals surface area contributed by atoms with Gasteiger partial charge in [0.05, 0.1) is 6.61 Å². The fourth-order valence-corrected chi connectivity index (χ4v) is 2.28. The zero-order chi connectivity index (χ0) is 13.2. The van der Waals surface area contributed by atoms with Crippen molar-refractivity contribution in [1.29, 1.82) is 0 Å². The molecule has 0 radical (unpaired) electrons. The van der Waals surface area contributed by atoms with Crippen LogP contribution in [0, 0.1) is 0 Å². The van der Waals surface area contributed by atoms with Crippen molar-refractivity contribution < 1.29 is 14.1 Å². The number of hydrogen-bond acceptors (Lipinski definition) is 3. The van der Waals surface area contributed by atoms with E-state index in [9.17, 15) is 9.00 Å². The van der Waals surface area contributed by atoms with Gasteiger partial charge >= 0.3 is 0 Å². The number of aliphatic hydroxyl groups excluding tert-OH is 1. The Bertz CT molecular complexity index is 381. The van der Waals surface area contributed by atoms with E-state index in [1.165, 1.54) is 5.56 Å². The fourth-order valence-electron chi connectivity index (χ4n) is 1.54. The zero-order valence-corrected chi connectivity index (χ0v) is 11.1. The van der Waals surface area contributed by atoms with Gasteiger partial charge in [-0.25, -0.2) is 0 Å². The number of rotatable bonds is 8. The van der Waals surface area contributed by atoms with Gasteiger partial charge in [-0.3, -0.25) is 9.00 Å². The third-order valence-electron chi connectivity index (χ3n) is 2.42. The van der Waals surface area contributed by atoms with Crippen LogP contribution in [0.25, 0.3) is 0 Å². The van der Waals surface area contributed by atoms with E-state index in [0.29, 0.717) is 6.54 Å². The van der Waals surface area contributed by atoms with E-state index in [0.717, 1.165) is 12.8 Å². The second-order valence-corrected chi connectivity index (χ2v) is 5.53. The van der Waals surface area contributed by atoms with Crippen LogP contribution in [-0.4, -0.2) is 39.9 Å². The predicted molar refractivity (Wildman–Crippen MR) is 72.7 cm³/mol. The van der Waals surface area contributed by atoms with E-state index < -0.39 is 10.8 Å². The molecule has 0 saturated heterocycles. The Labute approximate surface area is 110 Å². The number of carbonyl (C=O) groups excluding carboxylic acids is 1. The summed E-state index contributed by atoms with van der Waals surface area (Å²) >= 11 is 0. The molecule has 0 saturated carbocycles. The summed E-state index contributed by atoms with van der Waals surface area (Å²) in [6.45, 7) is 0.442. The molecule has 0 spiro atoms. The maximum absolute atomic E-state index is 11.4. The van der Waals surface area contributed by atoms with Crippen LogP contribution in [0.3, 0.4) is 0 Å². The third kappa shape index (κ3) is 6.51. The first-order valence-electron chi connectivity index (χ1n) is 5.99. The van der Waals surface area contributed by atoms with E-state index in [2.05, 4.69) is 17.4 Å². The van der Waals surface area contributed by atoms with Crippen molar-refractivity contribution in [3.63, 3.8) is 0 Å². The van der Waals surface area contributed by atoms with Gasteiger partial charge in [-0.15, -0.1) is 0 Å². The van der Waals surface area contributed by atoms with Crippen LogP contribution in [0.5, 0.6) is 0 Å². The van der Waals surface area contributed by atoms with E-state index in [1.807, 2.05) is 18.2 Å². The van der Waals surface area contributed by atoms with Gasteiger partial charge in [0.2, 0.25) is 5.91 Å². The van der Waals surface area contributed by atoms with Gasteiger partial charge in [-0.1, -0.05) is 30.3 Å². The molecule has 0 aliphatic heterocycles. The summed E-state index contributed by atoms with van der Waals surface area (Å²) in [4.78, 5) is 11.4. The number of benzene rings is 1. The molecule has 0 heterocycles. The summed E-state index contributed by atoms with van der Waals surface area (Å²) in [6, 6.07) is 10.1. The molecule has 0 fully saturated rings. The maximum atomic E-state index is 11.4. The molecule has 100 valence electrons. The van der Waals surface area contributed by atoms with Crippen LogP contribution >= 0.6 is 0 Å². The van der Waals surface area contributed by atoms with Gasteiger partial charge in [0, 0.05) is 23.1 Å². The summed E-state index contributed by atoms with van der Waals surface area (Å²) in [5.41, 5.74) is 1.25.